The summed E-state index contributed by atoms with van der Waals surface area (Å²) in [7, 11) is -1.52. The number of hydrogen-bond acceptors (Lipinski definition) is 5. The Morgan fingerprint density at radius 2 is 2.00 bits per heavy atom. The van der Waals surface area contributed by atoms with Gasteiger partial charge in [0.05, 0.1) is 24.0 Å². The van der Waals surface area contributed by atoms with Gasteiger partial charge in [-0.2, -0.15) is 13.2 Å². The van der Waals surface area contributed by atoms with Gasteiger partial charge in [0.15, 0.2) is 5.65 Å². The minimum atomic E-state index is -4.58. The Morgan fingerprint density at radius 1 is 1.28 bits per heavy atom. The van der Waals surface area contributed by atoms with Crippen LogP contribution in [0.5, 0.6) is 0 Å². The lowest BCUT2D eigenvalue weighted by Crippen LogP contribution is -2.43. The molecule has 25 heavy (non-hydrogen) atoms. The summed E-state index contributed by atoms with van der Waals surface area (Å²) in [5, 5.41) is -1.51. The van der Waals surface area contributed by atoms with Crippen LogP contribution in [0.15, 0.2) is 24.8 Å². The third kappa shape index (κ3) is 3.35. The SMILES string of the molecule is CN(C)S(=O)(=O)[C@@H]1CN(Cc2cnc3cnccn23)C[C@H]1C(F)(F)F. The van der Waals surface area contributed by atoms with Crippen molar-refractivity contribution >= 4 is 15.7 Å². The average molecular weight is 377 g/mol. The first-order valence-electron chi connectivity index (χ1n) is 7.57. The largest absolute Gasteiger partial charge is 0.394 e. The van der Waals surface area contributed by atoms with Crippen molar-refractivity contribution in [2.75, 3.05) is 27.2 Å². The number of sulfonamides is 1. The van der Waals surface area contributed by atoms with Crippen molar-refractivity contribution in [1.82, 2.24) is 23.6 Å². The third-order valence-electron chi connectivity index (χ3n) is 4.43. The van der Waals surface area contributed by atoms with Crippen molar-refractivity contribution in [3.8, 4) is 0 Å². The molecule has 2 atom stereocenters. The Morgan fingerprint density at radius 3 is 2.64 bits per heavy atom. The zero-order valence-corrected chi connectivity index (χ0v) is 14.5. The fraction of sp³-hybridized carbons (Fsp3) is 0.571. The average Bonchev–Trinajstić information content (AvgIpc) is 3.12. The van der Waals surface area contributed by atoms with E-state index >= 15 is 0 Å². The predicted molar refractivity (Wildman–Crippen MR) is 84.2 cm³/mol. The number of aromatic nitrogens is 3. The van der Waals surface area contributed by atoms with Crippen LogP contribution in [0, 0.1) is 5.92 Å². The maximum absolute atomic E-state index is 13.4. The molecule has 11 heteroatoms. The molecule has 1 fully saturated rings. The van der Waals surface area contributed by atoms with E-state index in [0.29, 0.717) is 11.3 Å². The van der Waals surface area contributed by atoms with Gasteiger partial charge in [0, 0.05) is 46.1 Å². The molecule has 2 aromatic heterocycles. The zero-order chi connectivity index (χ0) is 18.4. The summed E-state index contributed by atoms with van der Waals surface area (Å²) in [6.45, 7) is -0.361. The van der Waals surface area contributed by atoms with Crippen LogP contribution in [-0.2, 0) is 16.6 Å². The van der Waals surface area contributed by atoms with E-state index in [4.69, 9.17) is 0 Å². The van der Waals surface area contributed by atoms with Gasteiger partial charge in [0.25, 0.3) is 0 Å². The van der Waals surface area contributed by atoms with Crippen LogP contribution in [0.4, 0.5) is 13.2 Å². The molecule has 7 nitrogen and oxygen atoms in total. The minimum absolute atomic E-state index is 0.178. The molecular weight excluding hydrogens is 359 g/mol. The summed E-state index contributed by atoms with van der Waals surface area (Å²) < 4.78 is 67.4. The summed E-state index contributed by atoms with van der Waals surface area (Å²) in [6.07, 6.45) is 1.76. The first-order valence-corrected chi connectivity index (χ1v) is 9.07. The first kappa shape index (κ1) is 18.1. The summed E-state index contributed by atoms with van der Waals surface area (Å²) in [5.74, 6) is -1.92. The molecule has 0 aliphatic carbocycles. The quantitative estimate of drug-likeness (QED) is 0.795. The standard InChI is InChI=1S/C14H18F3N5O2S/c1-20(2)25(23,24)12-9-21(8-11(12)14(15,16)17)7-10-5-19-13-6-18-3-4-22(10)13/h3-6,11-12H,7-9H2,1-2H3/t11-,12-/m1/s1. The van der Waals surface area contributed by atoms with E-state index in [1.54, 1.807) is 29.2 Å². The maximum Gasteiger partial charge on any atom is 0.394 e. The van der Waals surface area contributed by atoms with Crippen LogP contribution in [0.3, 0.4) is 0 Å². The molecule has 0 N–H and O–H groups in total. The number of imidazole rings is 1. The van der Waals surface area contributed by atoms with Gasteiger partial charge >= 0.3 is 6.18 Å². The van der Waals surface area contributed by atoms with Crippen LogP contribution in [0.25, 0.3) is 5.65 Å². The molecule has 0 radical (unpaired) electrons. The van der Waals surface area contributed by atoms with Crippen molar-refractivity contribution in [3.05, 3.63) is 30.5 Å². The van der Waals surface area contributed by atoms with E-state index in [-0.39, 0.29) is 19.6 Å². The lowest BCUT2D eigenvalue weighted by molar-refractivity contribution is -0.169. The number of alkyl halides is 3. The lowest BCUT2D eigenvalue weighted by atomic mass is 10.1. The Bertz CT molecular complexity index is 865. The van der Waals surface area contributed by atoms with E-state index in [2.05, 4.69) is 9.97 Å². The van der Waals surface area contributed by atoms with E-state index in [0.717, 1.165) is 4.31 Å². The molecule has 0 amide bonds. The summed E-state index contributed by atoms with van der Waals surface area (Å²) >= 11 is 0. The molecule has 138 valence electrons. The van der Waals surface area contributed by atoms with Gasteiger partial charge < -0.3 is 0 Å². The fourth-order valence-corrected chi connectivity index (χ4v) is 4.71. The highest BCUT2D eigenvalue weighted by atomic mass is 32.2. The molecule has 1 saturated heterocycles. The molecule has 2 aromatic rings. The Hall–Kier alpha value is -1.72. The highest BCUT2D eigenvalue weighted by Crippen LogP contribution is 2.38. The molecular formula is C14H18F3N5O2S. The second-order valence-electron chi connectivity index (χ2n) is 6.26. The third-order valence-corrected chi connectivity index (χ3v) is 6.69. The second-order valence-corrected chi connectivity index (χ2v) is 8.63. The monoisotopic (exact) mass is 377 g/mol. The molecule has 3 rings (SSSR count). The van der Waals surface area contributed by atoms with Gasteiger partial charge in [-0.05, 0) is 0 Å². The van der Waals surface area contributed by atoms with Crippen molar-refractivity contribution < 1.29 is 21.6 Å². The van der Waals surface area contributed by atoms with E-state index in [1.807, 2.05) is 0 Å². The predicted octanol–water partition coefficient (Wildman–Crippen LogP) is 0.983. The van der Waals surface area contributed by atoms with E-state index in [1.165, 1.54) is 19.0 Å². The summed E-state index contributed by atoms with van der Waals surface area (Å²) in [6, 6.07) is 0. The molecule has 1 aliphatic rings. The van der Waals surface area contributed by atoms with Gasteiger partial charge in [-0.3, -0.25) is 14.3 Å². The van der Waals surface area contributed by atoms with E-state index in [9.17, 15) is 21.6 Å². The van der Waals surface area contributed by atoms with Crippen LogP contribution in [-0.4, -0.2) is 70.6 Å². The van der Waals surface area contributed by atoms with Crippen LogP contribution < -0.4 is 0 Å². The molecule has 0 aromatic carbocycles. The maximum atomic E-state index is 13.4. The molecule has 3 heterocycles. The number of halogens is 3. The van der Waals surface area contributed by atoms with E-state index < -0.39 is 27.4 Å². The first-order chi connectivity index (χ1) is 11.6. The lowest BCUT2D eigenvalue weighted by Gasteiger charge is -2.24. The number of rotatable bonds is 4. The number of nitrogens with zero attached hydrogens (tertiary/aromatic N) is 5. The van der Waals surface area contributed by atoms with Gasteiger partial charge in [0.2, 0.25) is 10.0 Å². The number of likely N-dealkylation sites (tertiary alicyclic amines) is 1. The molecule has 1 aliphatic heterocycles. The highest BCUT2D eigenvalue weighted by molar-refractivity contribution is 7.89. The fourth-order valence-electron chi connectivity index (χ4n) is 3.11. The molecule has 0 saturated carbocycles. The number of hydrogen-bond donors (Lipinski definition) is 0. The van der Waals surface area contributed by atoms with Gasteiger partial charge in [-0.15, -0.1) is 0 Å². The van der Waals surface area contributed by atoms with Gasteiger partial charge in [0.1, 0.15) is 5.25 Å². The van der Waals surface area contributed by atoms with Crippen molar-refractivity contribution in [2.24, 2.45) is 5.92 Å². The Kier molecular flexibility index (Phi) is 4.50. The smallest absolute Gasteiger partial charge is 0.300 e. The Labute approximate surface area is 143 Å². The molecule has 0 spiro atoms. The second kappa shape index (κ2) is 6.22. The van der Waals surface area contributed by atoms with Gasteiger partial charge in [-0.1, -0.05) is 0 Å². The van der Waals surface area contributed by atoms with Crippen LogP contribution in [0.1, 0.15) is 5.69 Å². The zero-order valence-electron chi connectivity index (χ0n) is 13.7. The Balaban J connectivity index is 1.87. The summed E-state index contributed by atoms with van der Waals surface area (Å²) in [4.78, 5) is 9.59. The highest BCUT2D eigenvalue weighted by Gasteiger charge is 2.54. The molecule has 0 unspecified atom stereocenters. The normalized spacial score (nSPS) is 23.0. The van der Waals surface area contributed by atoms with Crippen molar-refractivity contribution in [3.63, 3.8) is 0 Å². The van der Waals surface area contributed by atoms with Crippen LogP contribution in [0.2, 0.25) is 0 Å². The van der Waals surface area contributed by atoms with Crippen molar-refractivity contribution in [2.45, 2.75) is 18.0 Å². The number of fused-ring (bicyclic) bond motifs is 1. The van der Waals surface area contributed by atoms with Gasteiger partial charge in [-0.25, -0.2) is 17.7 Å². The summed E-state index contributed by atoms with van der Waals surface area (Å²) in [5.41, 5.74) is 1.27. The van der Waals surface area contributed by atoms with Crippen LogP contribution >= 0.6 is 0 Å². The molecule has 0 bridgehead atoms. The minimum Gasteiger partial charge on any atom is -0.300 e. The van der Waals surface area contributed by atoms with Crippen molar-refractivity contribution in [1.29, 1.82) is 0 Å². The topological polar surface area (TPSA) is 70.8 Å².